The van der Waals surface area contributed by atoms with Gasteiger partial charge in [-0.15, -0.1) is 0 Å². The molecule has 1 aromatic rings. The van der Waals surface area contributed by atoms with Crippen molar-refractivity contribution in [1.29, 1.82) is 0 Å². The molecule has 178 valence electrons. The number of nitrogens with zero attached hydrogens (tertiary/aromatic N) is 1. The molecule has 0 aromatic heterocycles. The molecule has 4 N–H and O–H groups in total. The van der Waals surface area contributed by atoms with Gasteiger partial charge in [-0.3, -0.25) is 9.59 Å². The van der Waals surface area contributed by atoms with Gasteiger partial charge in [0.2, 0.25) is 11.8 Å². The molecular weight excluding hydrogens is 408 g/mol. The van der Waals surface area contributed by atoms with Crippen LogP contribution in [0.25, 0.3) is 0 Å². The summed E-state index contributed by atoms with van der Waals surface area (Å²) < 4.78 is 5.15. The predicted octanol–water partition coefficient (Wildman–Crippen LogP) is 2.71. The van der Waals surface area contributed by atoms with Gasteiger partial charge in [-0.25, -0.2) is 4.79 Å². The van der Waals surface area contributed by atoms with Crippen LogP contribution in [0.4, 0.5) is 4.79 Å². The van der Waals surface area contributed by atoms with E-state index in [0.717, 1.165) is 63.6 Å². The van der Waals surface area contributed by atoms with Gasteiger partial charge in [0.1, 0.15) is 6.61 Å². The Balaban J connectivity index is 1.38. The van der Waals surface area contributed by atoms with Gasteiger partial charge in [0.15, 0.2) is 0 Å². The third-order valence-corrected chi connectivity index (χ3v) is 5.56. The number of hydrogen-bond donors (Lipinski definition) is 3. The highest BCUT2D eigenvalue weighted by Gasteiger charge is 2.22. The van der Waals surface area contributed by atoms with Gasteiger partial charge < -0.3 is 26.0 Å². The van der Waals surface area contributed by atoms with Crippen molar-refractivity contribution < 1.29 is 19.1 Å². The molecule has 1 heterocycles. The van der Waals surface area contributed by atoms with Gasteiger partial charge in [0, 0.05) is 32.6 Å². The van der Waals surface area contributed by atoms with Gasteiger partial charge in [-0.05, 0) is 50.5 Å². The van der Waals surface area contributed by atoms with E-state index < -0.39 is 12.1 Å². The predicted molar refractivity (Wildman–Crippen MR) is 124 cm³/mol. The lowest BCUT2D eigenvalue weighted by Crippen LogP contribution is -2.42. The second-order valence-electron chi connectivity index (χ2n) is 8.28. The number of benzene rings is 1. The minimum atomic E-state index is -0.423. The summed E-state index contributed by atoms with van der Waals surface area (Å²) in [6.45, 7) is 3.06. The molecule has 0 spiro atoms. The topological polar surface area (TPSA) is 114 Å². The van der Waals surface area contributed by atoms with Crippen LogP contribution in [-0.2, 0) is 20.9 Å². The summed E-state index contributed by atoms with van der Waals surface area (Å²) in [5, 5.41) is 5.64. The molecule has 8 nitrogen and oxygen atoms in total. The number of rotatable bonds is 14. The Bertz CT molecular complexity index is 692. The van der Waals surface area contributed by atoms with Crippen molar-refractivity contribution in [2.75, 3.05) is 26.2 Å². The molecule has 8 heteroatoms. The zero-order valence-corrected chi connectivity index (χ0v) is 19.0. The van der Waals surface area contributed by atoms with Crippen LogP contribution in [0.3, 0.4) is 0 Å². The highest BCUT2D eigenvalue weighted by atomic mass is 16.5. The monoisotopic (exact) mass is 446 g/mol. The number of carbonyl (C=O) groups is 3. The van der Waals surface area contributed by atoms with Gasteiger partial charge in [-0.2, -0.15) is 0 Å². The minimum Gasteiger partial charge on any atom is -0.445 e. The number of likely N-dealkylation sites (tertiary alicyclic amines) is 1. The van der Waals surface area contributed by atoms with Gasteiger partial charge in [0.05, 0.1) is 6.04 Å². The summed E-state index contributed by atoms with van der Waals surface area (Å²) >= 11 is 0. The molecule has 3 amide bonds. The fourth-order valence-electron chi connectivity index (χ4n) is 3.65. The number of carbonyl (C=O) groups excluding carboxylic acids is 3. The molecule has 1 aromatic carbocycles. The Labute approximate surface area is 191 Å². The summed E-state index contributed by atoms with van der Waals surface area (Å²) in [5.74, 6) is 0.100. The summed E-state index contributed by atoms with van der Waals surface area (Å²) in [6, 6.07) is 9.11. The Morgan fingerprint density at radius 3 is 2.38 bits per heavy atom. The second kappa shape index (κ2) is 15.2. The lowest BCUT2D eigenvalue weighted by atomic mass is 10.1. The minimum absolute atomic E-state index is 0.0395. The average molecular weight is 447 g/mol. The molecule has 0 bridgehead atoms. The van der Waals surface area contributed by atoms with Crippen LogP contribution in [0.15, 0.2) is 30.3 Å². The fourth-order valence-corrected chi connectivity index (χ4v) is 3.65. The number of hydrogen-bond acceptors (Lipinski definition) is 5. The number of amides is 3. The van der Waals surface area contributed by atoms with Crippen LogP contribution in [0.5, 0.6) is 0 Å². The van der Waals surface area contributed by atoms with Gasteiger partial charge in [-0.1, -0.05) is 36.8 Å². The summed E-state index contributed by atoms with van der Waals surface area (Å²) in [4.78, 5) is 37.5. The van der Waals surface area contributed by atoms with E-state index in [2.05, 4.69) is 10.6 Å². The van der Waals surface area contributed by atoms with E-state index in [4.69, 9.17) is 10.5 Å². The van der Waals surface area contributed by atoms with E-state index in [9.17, 15) is 14.4 Å². The lowest BCUT2D eigenvalue weighted by Gasteiger charge is -2.20. The zero-order chi connectivity index (χ0) is 23.0. The summed E-state index contributed by atoms with van der Waals surface area (Å²) in [6.07, 6.45) is 6.95. The zero-order valence-electron chi connectivity index (χ0n) is 19.0. The normalized spacial score (nSPS) is 14.1. The van der Waals surface area contributed by atoms with Crippen molar-refractivity contribution in [3.63, 3.8) is 0 Å². The van der Waals surface area contributed by atoms with E-state index in [1.807, 2.05) is 35.2 Å². The smallest absolute Gasteiger partial charge is 0.407 e. The van der Waals surface area contributed by atoms with Crippen molar-refractivity contribution in [3.05, 3.63) is 35.9 Å². The van der Waals surface area contributed by atoms with E-state index in [0.29, 0.717) is 25.9 Å². The molecule has 0 radical (unpaired) electrons. The highest BCUT2D eigenvalue weighted by molar-refractivity contribution is 5.81. The standard InChI is InChI=1S/C24H38N4O4/c25-21(23(30)28-17-9-10-18-28)13-6-8-15-26-22(29)14-5-2-7-16-27-24(31)32-19-20-11-3-1-4-12-20/h1,3-4,11-12,21H,2,5-10,13-19,25H2,(H,26,29)(H,27,31)/t21-/m0/s1. The van der Waals surface area contributed by atoms with Crippen molar-refractivity contribution in [3.8, 4) is 0 Å². The molecule has 2 rings (SSSR count). The molecule has 1 atom stereocenters. The number of nitrogens with two attached hydrogens (primary N) is 1. The van der Waals surface area contributed by atoms with Crippen molar-refractivity contribution >= 4 is 17.9 Å². The summed E-state index contributed by atoms with van der Waals surface area (Å²) in [7, 11) is 0. The van der Waals surface area contributed by atoms with Crippen molar-refractivity contribution in [2.45, 2.75) is 70.4 Å². The molecule has 32 heavy (non-hydrogen) atoms. The molecular formula is C24H38N4O4. The van der Waals surface area contributed by atoms with Crippen LogP contribution in [0.1, 0.15) is 63.4 Å². The first-order chi connectivity index (χ1) is 15.6. The quantitative estimate of drug-likeness (QED) is 0.380. The maximum atomic E-state index is 12.1. The van der Waals surface area contributed by atoms with E-state index in [1.54, 1.807) is 0 Å². The maximum Gasteiger partial charge on any atom is 0.407 e. The highest BCUT2D eigenvalue weighted by Crippen LogP contribution is 2.11. The van der Waals surface area contributed by atoms with Crippen LogP contribution >= 0.6 is 0 Å². The molecule has 1 aliphatic heterocycles. The molecule has 0 unspecified atom stereocenters. The summed E-state index contributed by atoms with van der Waals surface area (Å²) in [5.41, 5.74) is 6.95. The van der Waals surface area contributed by atoms with Crippen molar-refractivity contribution in [1.82, 2.24) is 15.5 Å². The van der Waals surface area contributed by atoms with Crippen LogP contribution < -0.4 is 16.4 Å². The Morgan fingerprint density at radius 1 is 0.938 bits per heavy atom. The second-order valence-corrected chi connectivity index (χ2v) is 8.28. The Kier molecular flexibility index (Phi) is 12.2. The Morgan fingerprint density at radius 2 is 1.62 bits per heavy atom. The van der Waals surface area contributed by atoms with E-state index in [1.165, 1.54) is 0 Å². The first-order valence-corrected chi connectivity index (χ1v) is 11.8. The average Bonchev–Trinajstić information content (AvgIpc) is 3.34. The van der Waals surface area contributed by atoms with Crippen LogP contribution in [0.2, 0.25) is 0 Å². The maximum absolute atomic E-state index is 12.1. The van der Waals surface area contributed by atoms with Crippen LogP contribution in [-0.4, -0.2) is 55.0 Å². The van der Waals surface area contributed by atoms with Gasteiger partial charge in [0.25, 0.3) is 0 Å². The lowest BCUT2D eigenvalue weighted by molar-refractivity contribution is -0.131. The van der Waals surface area contributed by atoms with E-state index >= 15 is 0 Å². The van der Waals surface area contributed by atoms with E-state index in [-0.39, 0.29) is 18.4 Å². The van der Waals surface area contributed by atoms with Crippen molar-refractivity contribution in [2.24, 2.45) is 5.73 Å². The number of unbranched alkanes of at least 4 members (excludes halogenated alkanes) is 3. The SMILES string of the molecule is N[C@@H](CCCCNC(=O)CCCCCNC(=O)OCc1ccccc1)C(=O)N1CCCC1. The van der Waals surface area contributed by atoms with Gasteiger partial charge >= 0.3 is 6.09 Å². The number of ether oxygens (including phenoxy) is 1. The third kappa shape index (κ3) is 10.6. The molecule has 0 aliphatic carbocycles. The molecule has 0 saturated carbocycles. The number of nitrogens with one attached hydrogen (secondary N) is 2. The molecule has 1 fully saturated rings. The first kappa shape index (κ1) is 25.6. The third-order valence-electron chi connectivity index (χ3n) is 5.56. The number of alkyl carbamates (subject to hydrolysis) is 1. The fraction of sp³-hybridized carbons (Fsp3) is 0.625. The first-order valence-electron chi connectivity index (χ1n) is 11.8. The van der Waals surface area contributed by atoms with Crippen LogP contribution in [0, 0.1) is 0 Å². The molecule has 1 saturated heterocycles. The molecule has 1 aliphatic rings. The largest absolute Gasteiger partial charge is 0.445 e. The Hall–Kier alpha value is -2.61.